The molecule has 0 spiro atoms. The Hall–Kier alpha value is -2.40. The van der Waals surface area contributed by atoms with Crippen molar-refractivity contribution in [1.29, 1.82) is 0 Å². The first-order chi connectivity index (χ1) is 11.1. The fourth-order valence-corrected chi connectivity index (χ4v) is 2.63. The van der Waals surface area contributed by atoms with Crippen LogP contribution in [-0.2, 0) is 4.74 Å². The molecule has 0 aliphatic heterocycles. The molecule has 5 heteroatoms. The molecule has 0 radical (unpaired) electrons. The number of nitrogens with one attached hydrogen (secondary N) is 1. The Bertz CT molecular complexity index is 867. The summed E-state index contributed by atoms with van der Waals surface area (Å²) < 4.78 is 6.17. The first kappa shape index (κ1) is 15.5. The number of carbonyl (C=O) groups excluding carboxylic acids is 2. The van der Waals surface area contributed by atoms with Crippen molar-refractivity contribution in [2.45, 2.75) is 13.0 Å². The predicted molar refractivity (Wildman–Crippen MR) is 91.6 cm³/mol. The van der Waals surface area contributed by atoms with Crippen molar-refractivity contribution in [1.82, 2.24) is 4.98 Å². The molecule has 0 amide bonds. The lowest BCUT2D eigenvalue weighted by molar-refractivity contribution is 0.0319. The van der Waals surface area contributed by atoms with Gasteiger partial charge in [-0.25, -0.2) is 4.79 Å². The smallest absolute Gasteiger partial charge is 0.338 e. The van der Waals surface area contributed by atoms with Crippen LogP contribution in [0.1, 0.15) is 27.6 Å². The number of H-pyrrole nitrogens is 1. The van der Waals surface area contributed by atoms with E-state index >= 15 is 0 Å². The van der Waals surface area contributed by atoms with Crippen molar-refractivity contribution in [3.05, 3.63) is 70.3 Å². The van der Waals surface area contributed by atoms with Crippen molar-refractivity contribution in [2.24, 2.45) is 0 Å². The quantitative estimate of drug-likeness (QED) is 0.547. The molecule has 0 aliphatic carbocycles. The molecule has 116 valence electrons. The van der Waals surface area contributed by atoms with Gasteiger partial charge in [-0.05, 0) is 37.3 Å². The standard InChI is InChI=1S/C18H14BrNO3/c1-11(23-18(22)12-6-8-13(19)9-7-12)17(21)15-10-20-16-5-3-2-4-14(15)16/h2-11,20H,1H3/t11-/m1/s1. The highest BCUT2D eigenvalue weighted by Crippen LogP contribution is 2.20. The van der Waals surface area contributed by atoms with Crippen LogP contribution in [0, 0.1) is 0 Å². The van der Waals surface area contributed by atoms with Gasteiger partial charge >= 0.3 is 5.97 Å². The van der Waals surface area contributed by atoms with Gasteiger partial charge in [0.2, 0.25) is 5.78 Å². The van der Waals surface area contributed by atoms with Crippen molar-refractivity contribution in [3.8, 4) is 0 Å². The second-order valence-electron chi connectivity index (χ2n) is 5.17. The SMILES string of the molecule is C[C@@H](OC(=O)c1ccc(Br)cc1)C(=O)c1c[nH]c2ccccc12. The van der Waals surface area contributed by atoms with E-state index in [1.807, 2.05) is 24.3 Å². The zero-order valence-electron chi connectivity index (χ0n) is 12.4. The molecule has 4 nitrogen and oxygen atoms in total. The van der Waals surface area contributed by atoms with Crippen LogP contribution >= 0.6 is 15.9 Å². The zero-order valence-corrected chi connectivity index (χ0v) is 14.0. The Labute approximate surface area is 141 Å². The van der Waals surface area contributed by atoms with Crippen molar-refractivity contribution >= 4 is 38.6 Å². The number of hydrogen-bond donors (Lipinski definition) is 1. The largest absolute Gasteiger partial charge is 0.451 e. The zero-order chi connectivity index (χ0) is 16.4. The fraction of sp³-hybridized carbons (Fsp3) is 0.111. The Morgan fingerprint density at radius 3 is 2.52 bits per heavy atom. The topological polar surface area (TPSA) is 59.2 Å². The summed E-state index contributed by atoms with van der Waals surface area (Å²) in [5, 5.41) is 0.823. The summed E-state index contributed by atoms with van der Waals surface area (Å²) >= 11 is 3.31. The molecule has 1 N–H and O–H groups in total. The third-order valence-corrected chi connectivity index (χ3v) is 4.12. The highest BCUT2D eigenvalue weighted by molar-refractivity contribution is 9.10. The second kappa shape index (κ2) is 6.38. The summed E-state index contributed by atoms with van der Waals surface area (Å²) in [5.74, 6) is -0.744. The van der Waals surface area contributed by atoms with E-state index < -0.39 is 12.1 Å². The van der Waals surface area contributed by atoms with Crippen LogP contribution in [-0.4, -0.2) is 22.8 Å². The van der Waals surface area contributed by atoms with Crippen molar-refractivity contribution in [2.75, 3.05) is 0 Å². The van der Waals surface area contributed by atoms with Crippen LogP contribution in [0.15, 0.2) is 59.2 Å². The van der Waals surface area contributed by atoms with Crippen LogP contribution in [0.4, 0.5) is 0 Å². The number of aromatic nitrogens is 1. The molecule has 1 atom stereocenters. The minimum absolute atomic E-state index is 0.229. The monoisotopic (exact) mass is 371 g/mol. The van der Waals surface area contributed by atoms with Gasteiger partial charge in [0.05, 0.1) is 5.56 Å². The Morgan fingerprint density at radius 1 is 1.09 bits per heavy atom. The summed E-state index contributed by atoms with van der Waals surface area (Å²) in [5.41, 5.74) is 1.81. The lowest BCUT2D eigenvalue weighted by Crippen LogP contribution is -2.24. The molecular weight excluding hydrogens is 358 g/mol. The Kier molecular flexibility index (Phi) is 4.30. The number of aromatic amines is 1. The van der Waals surface area contributed by atoms with E-state index in [9.17, 15) is 9.59 Å². The molecular formula is C18H14BrNO3. The van der Waals surface area contributed by atoms with E-state index in [1.54, 1.807) is 37.4 Å². The number of halogens is 1. The molecule has 0 saturated carbocycles. The van der Waals surface area contributed by atoms with Crippen LogP contribution in [0.25, 0.3) is 10.9 Å². The van der Waals surface area contributed by atoms with Gasteiger partial charge < -0.3 is 9.72 Å². The number of esters is 1. The molecule has 0 fully saturated rings. The van der Waals surface area contributed by atoms with E-state index in [1.165, 1.54) is 0 Å². The molecule has 3 aromatic rings. The highest BCUT2D eigenvalue weighted by Gasteiger charge is 2.22. The minimum atomic E-state index is -0.856. The number of ketones is 1. The van der Waals surface area contributed by atoms with E-state index in [0.29, 0.717) is 11.1 Å². The highest BCUT2D eigenvalue weighted by atomic mass is 79.9. The molecule has 23 heavy (non-hydrogen) atoms. The minimum Gasteiger partial charge on any atom is -0.451 e. The number of hydrogen-bond acceptors (Lipinski definition) is 3. The van der Waals surface area contributed by atoms with E-state index in [2.05, 4.69) is 20.9 Å². The van der Waals surface area contributed by atoms with E-state index in [-0.39, 0.29) is 5.78 Å². The molecule has 0 saturated heterocycles. The molecule has 3 rings (SSSR count). The Morgan fingerprint density at radius 2 is 1.78 bits per heavy atom. The van der Waals surface area contributed by atoms with Gasteiger partial charge in [0.25, 0.3) is 0 Å². The Balaban J connectivity index is 1.77. The maximum Gasteiger partial charge on any atom is 0.338 e. The molecule has 1 aromatic heterocycles. The summed E-state index contributed by atoms with van der Waals surface area (Å²) in [7, 11) is 0. The van der Waals surface area contributed by atoms with E-state index in [0.717, 1.165) is 15.4 Å². The van der Waals surface area contributed by atoms with Gasteiger partial charge in [-0.3, -0.25) is 4.79 Å². The number of rotatable bonds is 4. The van der Waals surface area contributed by atoms with Crippen molar-refractivity contribution < 1.29 is 14.3 Å². The number of para-hydroxylation sites is 1. The predicted octanol–water partition coefficient (Wildman–Crippen LogP) is 4.36. The maximum atomic E-state index is 12.5. The third kappa shape index (κ3) is 3.19. The first-order valence-electron chi connectivity index (χ1n) is 7.13. The number of carbonyl (C=O) groups is 2. The summed E-state index contributed by atoms with van der Waals surface area (Å²) in [6.45, 7) is 1.58. The number of benzene rings is 2. The van der Waals surface area contributed by atoms with Gasteiger partial charge in [0.15, 0.2) is 6.10 Å². The van der Waals surface area contributed by atoms with Gasteiger partial charge in [-0.15, -0.1) is 0 Å². The normalized spacial score (nSPS) is 12.1. The van der Waals surface area contributed by atoms with Gasteiger partial charge in [-0.1, -0.05) is 34.1 Å². The van der Waals surface area contributed by atoms with Crippen molar-refractivity contribution in [3.63, 3.8) is 0 Å². The fourth-order valence-electron chi connectivity index (χ4n) is 2.36. The number of Topliss-reactive ketones (excluding diaryl/α,β-unsaturated/α-hetero) is 1. The molecule has 0 bridgehead atoms. The maximum absolute atomic E-state index is 12.5. The van der Waals surface area contributed by atoms with Gasteiger partial charge in [-0.2, -0.15) is 0 Å². The lowest BCUT2D eigenvalue weighted by atomic mass is 10.1. The molecule has 2 aromatic carbocycles. The van der Waals surface area contributed by atoms with Crippen LogP contribution in [0.3, 0.4) is 0 Å². The molecule has 0 unspecified atom stereocenters. The summed E-state index contributed by atoms with van der Waals surface area (Å²) in [6, 6.07) is 14.3. The average molecular weight is 372 g/mol. The molecule has 1 heterocycles. The third-order valence-electron chi connectivity index (χ3n) is 3.59. The van der Waals surface area contributed by atoms with Gasteiger partial charge in [0, 0.05) is 27.1 Å². The van der Waals surface area contributed by atoms with Gasteiger partial charge in [0.1, 0.15) is 0 Å². The lowest BCUT2D eigenvalue weighted by Gasteiger charge is -2.12. The van der Waals surface area contributed by atoms with Crippen LogP contribution in [0.2, 0.25) is 0 Å². The average Bonchev–Trinajstić information content (AvgIpc) is 2.98. The van der Waals surface area contributed by atoms with Crippen LogP contribution < -0.4 is 0 Å². The summed E-state index contributed by atoms with van der Waals surface area (Å²) in [4.78, 5) is 27.7. The second-order valence-corrected chi connectivity index (χ2v) is 6.08. The van der Waals surface area contributed by atoms with E-state index in [4.69, 9.17) is 4.74 Å². The molecule has 0 aliphatic rings. The first-order valence-corrected chi connectivity index (χ1v) is 7.92. The summed E-state index contributed by atoms with van der Waals surface area (Å²) in [6.07, 6.45) is 0.794. The number of ether oxygens (including phenoxy) is 1. The number of fused-ring (bicyclic) bond motifs is 1. The van der Waals surface area contributed by atoms with Crippen LogP contribution in [0.5, 0.6) is 0 Å².